The molecule has 0 atom stereocenters. The van der Waals surface area contributed by atoms with Crippen molar-refractivity contribution in [1.29, 1.82) is 5.26 Å². The molecule has 0 aromatic rings. The molecule has 0 aromatic carbocycles. The van der Waals surface area contributed by atoms with Gasteiger partial charge >= 0.3 is 0 Å². The van der Waals surface area contributed by atoms with Crippen LogP contribution in [0.4, 0.5) is 0 Å². The standard InChI is InChI=1S/C15H36N7OP/c1-12(2)17-21(18-13(3)4)24(23-11-9-10-16)22(19-14(5)6)20-15(7)8/h12-15,17-20H,9,11H2,1-8H3. The van der Waals surface area contributed by atoms with Crippen LogP contribution in [0.15, 0.2) is 0 Å². The Morgan fingerprint density at radius 1 is 0.792 bits per heavy atom. The average molecular weight is 361 g/mol. The quantitative estimate of drug-likeness (QED) is 0.226. The lowest BCUT2D eigenvalue weighted by Crippen LogP contribution is -2.58. The lowest BCUT2D eigenvalue weighted by molar-refractivity contribution is 0.106. The minimum absolute atomic E-state index is 0.237. The van der Waals surface area contributed by atoms with Crippen LogP contribution in [0.2, 0.25) is 0 Å². The highest BCUT2D eigenvalue weighted by molar-refractivity contribution is 7.47. The van der Waals surface area contributed by atoms with Gasteiger partial charge in [0, 0.05) is 24.2 Å². The number of hydrazine groups is 4. The molecule has 0 saturated heterocycles. The molecule has 0 amide bonds. The minimum Gasteiger partial charge on any atom is -0.327 e. The minimum atomic E-state index is -1.26. The molecule has 0 radical (unpaired) electrons. The average Bonchev–Trinajstić information content (AvgIpc) is 2.40. The first-order valence-electron chi connectivity index (χ1n) is 8.62. The Kier molecular flexibility index (Phi) is 12.7. The van der Waals surface area contributed by atoms with E-state index in [1.54, 1.807) is 0 Å². The predicted octanol–water partition coefficient (Wildman–Crippen LogP) is 2.40. The molecule has 142 valence electrons. The summed E-state index contributed by atoms with van der Waals surface area (Å²) >= 11 is 0. The molecule has 8 nitrogen and oxygen atoms in total. The van der Waals surface area contributed by atoms with Crippen molar-refractivity contribution in [3.8, 4) is 6.07 Å². The molecule has 9 heteroatoms. The van der Waals surface area contributed by atoms with Gasteiger partial charge in [-0.15, -0.1) is 9.78 Å². The summed E-state index contributed by atoms with van der Waals surface area (Å²) in [6.07, 6.45) is 0.354. The third-order valence-corrected chi connectivity index (χ3v) is 3.84. The van der Waals surface area contributed by atoms with Crippen LogP contribution in [0.1, 0.15) is 61.8 Å². The van der Waals surface area contributed by atoms with Crippen molar-refractivity contribution in [2.24, 2.45) is 0 Å². The van der Waals surface area contributed by atoms with Crippen LogP contribution in [0.5, 0.6) is 0 Å². The number of nitrogens with zero attached hydrogens (tertiary/aromatic N) is 3. The van der Waals surface area contributed by atoms with Crippen molar-refractivity contribution in [2.45, 2.75) is 86.0 Å². The molecule has 0 spiro atoms. The molecule has 0 bridgehead atoms. The molecule has 0 heterocycles. The van der Waals surface area contributed by atoms with Gasteiger partial charge in [0.15, 0.2) is 0 Å². The molecule has 0 aliphatic carbocycles. The third kappa shape index (κ3) is 11.2. The van der Waals surface area contributed by atoms with Crippen molar-refractivity contribution in [3.63, 3.8) is 0 Å². The molecule has 0 rings (SSSR count). The number of rotatable bonds is 13. The smallest absolute Gasteiger partial charge is 0.247 e. The molecule has 0 aliphatic heterocycles. The van der Waals surface area contributed by atoms with Gasteiger partial charge in [0.25, 0.3) is 0 Å². The lowest BCUT2D eigenvalue weighted by atomic mass is 10.4. The van der Waals surface area contributed by atoms with E-state index in [2.05, 4.69) is 83.2 Å². The third-order valence-electron chi connectivity index (χ3n) is 2.28. The summed E-state index contributed by atoms with van der Waals surface area (Å²) in [6.45, 7) is 17.0. The van der Waals surface area contributed by atoms with Gasteiger partial charge in [0.2, 0.25) is 8.45 Å². The van der Waals surface area contributed by atoms with Crippen molar-refractivity contribution < 1.29 is 4.52 Å². The van der Waals surface area contributed by atoms with Gasteiger partial charge in [-0.3, -0.25) is 0 Å². The van der Waals surface area contributed by atoms with E-state index in [-0.39, 0.29) is 24.2 Å². The zero-order chi connectivity index (χ0) is 18.7. The Balaban J connectivity index is 5.37. The van der Waals surface area contributed by atoms with Crippen LogP contribution in [0, 0.1) is 11.3 Å². The van der Waals surface area contributed by atoms with Crippen LogP contribution in [-0.4, -0.2) is 40.6 Å². The Labute approximate surface area is 149 Å². The number of hydrogen-bond donors (Lipinski definition) is 4. The highest BCUT2D eigenvalue weighted by Crippen LogP contribution is 2.41. The van der Waals surface area contributed by atoms with Gasteiger partial charge in [0.05, 0.1) is 19.1 Å². The first kappa shape index (κ1) is 23.6. The maximum absolute atomic E-state index is 8.83. The molecule has 0 unspecified atom stereocenters. The van der Waals surface area contributed by atoms with E-state index < -0.39 is 8.45 Å². The molecule has 0 aromatic heterocycles. The van der Waals surface area contributed by atoms with E-state index in [9.17, 15) is 0 Å². The number of hydrogen-bond acceptors (Lipinski definition) is 8. The van der Waals surface area contributed by atoms with Gasteiger partial charge in [-0.25, -0.2) is 21.7 Å². The second-order valence-corrected chi connectivity index (χ2v) is 8.32. The number of nitrogens with one attached hydrogen (secondary N) is 4. The lowest BCUT2D eigenvalue weighted by Gasteiger charge is -2.40. The van der Waals surface area contributed by atoms with Crippen LogP contribution in [0.25, 0.3) is 0 Å². The summed E-state index contributed by atoms with van der Waals surface area (Å²) in [5, 5.41) is 8.83. The van der Waals surface area contributed by atoms with Crippen LogP contribution in [-0.2, 0) is 4.52 Å². The summed E-state index contributed by atoms with van der Waals surface area (Å²) in [6, 6.07) is 3.08. The van der Waals surface area contributed by atoms with Gasteiger partial charge in [-0.05, 0) is 55.4 Å². The Morgan fingerprint density at radius 2 is 1.12 bits per heavy atom. The van der Waals surface area contributed by atoms with E-state index >= 15 is 0 Å². The Hall–Kier alpha value is -0.360. The monoisotopic (exact) mass is 361 g/mol. The fourth-order valence-electron chi connectivity index (χ4n) is 1.63. The Bertz CT molecular complexity index is 316. The zero-order valence-corrected chi connectivity index (χ0v) is 17.3. The molecular weight excluding hydrogens is 325 g/mol. The van der Waals surface area contributed by atoms with E-state index in [4.69, 9.17) is 9.79 Å². The first-order valence-corrected chi connectivity index (χ1v) is 9.78. The van der Waals surface area contributed by atoms with Crippen LogP contribution < -0.4 is 21.7 Å². The molecular formula is C15H36N7OP. The van der Waals surface area contributed by atoms with Crippen molar-refractivity contribution in [2.75, 3.05) is 6.61 Å². The normalized spacial score (nSPS) is 12.6. The maximum atomic E-state index is 8.83. The van der Waals surface area contributed by atoms with Gasteiger partial charge in [-0.2, -0.15) is 5.26 Å². The summed E-state index contributed by atoms with van der Waals surface area (Å²) in [7, 11) is -1.26. The van der Waals surface area contributed by atoms with E-state index in [0.717, 1.165) is 0 Å². The van der Waals surface area contributed by atoms with Gasteiger partial charge in [0.1, 0.15) is 0 Å². The van der Waals surface area contributed by atoms with Crippen LogP contribution in [0.3, 0.4) is 0 Å². The largest absolute Gasteiger partial charge is 0.327 e. The second-order valence-electron chi connectivity index (χ2n) is 6.75. The number of nitriles is 1. The maximum Gasteiger partial charge on any atom is 0.247 e. The van der Waals surface area contributed by atoms with Crippen molar-refractivity contribution in [3.05, 3.63) is 0 Å². The Morgan fingerprint density at radius 3 is 1.38 bits per heavy atom. The van der Waals surface area contributed by atoms with E-state index in [1.165, 1.54) is 0 Å². The molecule has 4 N–H and O–H groups in total. The van der Waals surface area contributed by atoms with Crippen molar-refractivity contribution in [1.82, 2.24) is 31.5 Å². The topological polar surface area (TPSA) is 87.6 Å². The predicted molar refractivity (Wildman–Crippen MR) is 99.9 cm³/mol. The fourth-order valence-corrected chi connectivity index (χ4v) is 3.61. The highest BCUT2D eigenvalue weighted by atomic mass is 31.2. The summed E-state index contributed by atoms with van der Waals surface area (Å²) in [5.74, 6) is 0. The highest BCUT2D eigenvalue weighted by Gasteiger charge is 2.30. The SMILES string of the molecule is CC(C)NN(NC(C)C)P(OCCC#N)N(NC(C)C)NC(C)C. The second kappa shape index (κ2) is 12.9. The molecule has 0 fully saturated rings. The fraction of sp³-hybridized carbons (Fsp3) is 0.933. The summed E-state index contributed by atoms with van der Waals surface area (Å²) in [4.78, 5) is 3.82. The van der Waals surface area contributed by atoms with E-state index in [0.29, 0.717) is 13.0 Å². The van der Waals surface area contributed by atoms with Gasteiger partial charge in [-0.1, -0.05) is 0 Å². The van der Waals surface area contributed by atoms with E-state index in [1.807, 2.05) is 9.78 Å². The molecule has 0 saturated carbocycles. The molecule has 24 heavy (non-hydrogen) atoms. The zero-order valence-electron chi connectivity index (χ0n) is 16.4. The van der Waals surface area contributed by atoms with Crippen LogP contribution >= 0.6 is 8.45 Å². The first-order chi connectivity index (χ1) is 11.2. The molecule has 0 aliphatic rings. The van der Waals surface area contributed by atoms with Gasteiger partial charge < -0.3 is 4.52 Å². The summed E-state index contributed by atoms with van der Waals surface area (Å²) < 4.78 is 6.05. The summed E-state index contributed by atoms with van der Waals surface area (Å²) in [5.41, 5.74) is 13.5. The van der Waals surface area contributed by atoms with Crippen molar-refractivity contribution >= 4 is 8.45 Å².